The molecule has 3 rings (SSSR count). The Morgan fingerprint density at radius 3 is 2.62 bits per heavy atom. The molecule has 2 heterocycles. The molecule has 1 aromatic carbocycles. The van der Waals surface area contributed by atoms with Gasteiger partial charge in [-0.25, -0.2) is 0 Å². The van der Waals surface area contributed by atoms with Crippen LogP contribution >= 0.6 is 23.8 Å². The molecular formula is C19H22ClN3O2S. The summed E-state index contributed by atoms with van der Waals surface area (Å²) < 4.78 is 0. The second-order valence-electron chi connectivity index (χ2n) is 7.59. The number of anilines is 1. The van der Waals surface area contributed by atoms with Crippen LogP contribution in [0.25, 0.3) is 6.08 Å². The molecule has 2 aliphatic heterocycles. The lowest BCUT2D eigenvalue weighted by molar-refractivity contribution is -0.128. The predicted molar refractivity (Wildman–Crippen MR) is 108 cm³/mol. The van der Waals surface area contributed by atoms with E-state index in [-0.39, 0.29) is 16.2 Å². The highest BCUT2D eigenvalue weighted by atomic mass is 35.5. The standard InChI is InChI=1S/C19H22ClN3O2S/c1-10-9-19(2,3)23(5)15-8-14(20)11(6-12(10)15)7-13-16(24)21-18(26)22(4)17(13)25/h6-8,10H,9H2,1-5H3,(H,21,24,26)/b13-7+/t10-/m0/s1. The maximum Gasteiger partial charge on any atom is 0.265 e. The summed E-state index contributed by atoms with van der Waals surface area (Å²) in [5.74, 6) is -0.589. The molecule has 0 spiro atoms. The van der Waals surface area contributed by atoms with Crippen molar-refractivity contribution in [1.29, 1.82) is 0 Å². The minimum absolute atomic E-state index is 0.0279. The molecule has 2 aliphatic rings. The van der Waals surface area contributed by atoms with E-state index < -0.39 is 11.8 Å². The van der Waals surface area contributed by atoms with Gasteiger partial charge < -0.3 is 4.90 Å². The van der Waals surface area contributed by atoms with E-state index in [1.807, 2.05) is 12.1 Å². The number of carbonyl (C=O) groups is 2. The molecule has 0 bridgehead atoms. The van der Waals surface area contributed by atoms with Crippen molar-refractivity contribution in [2.75, 3.05) is 19.0 Å². The maximum absolute atomic E-state index is 12.4. The number of amides is 2. The summed E-state index contributed by atoms with van der Waals surface area (Å²) in [5.41, 5.74) is 2.97. The van der Waals surface area contributed by atoms with Crippen LogP contribution < -0.4 is 10.2 Å². The lowest BCUT2D eigenvalue weighted by Crippen LogP contribution is -2.52. The third-order valence-electron chi connectivity index (χ3n) is 5.36. The van der Waals surface area contributed by atoms with Gasteiger partial charge in [0.15, 0.2) is 5.11 Å². The van der Waals surface area contributed by atoms with Crippen LogP contribution in [0.4, 0.5) is 5.69 Å². The van der Waals surface area contributed by atoms with Crippen LogP contribution in [0.2, 0.25) is 5.02 Å². The van der Waals surface area contributed by atoms with Gasteiger partial charge in [-0.2, -0.15) is 0 Å². The molecule has 7 heteroatoms. The second-order valence-corrected chi connectivity index (χ2v) is 8.38. The highest BCUT2D eigenvalue weighted by Crippen LogP contribution is 2.44. The van der Waals surface area contributed by atoms with Gasteiger partial charge in [0, 0.05) is 30.3 Å². The zero-order valence-electron chi connectivity index (χ0n) is 15.5. The molecule has 26 heavy (non-hydrogen) atoms. The normalized spacial score (nSPS) is 24.0. The minimum atomic E-state index is -0.502. The number of hydrogen-bond donors (Lipinski definition) is 1. The zero-order chi connectivity index (χ0) is 19.4. The lowest BCUT2D eigenvalue weighted by atomic mass is 9.80. The number of nitrogens with one attached hydrogen (secondary N) is 1. The molecule has 5 nitrogen and oxygen atoms in total. The number of nitrogens with zero attached hydrogens (tertiary/aromatic N) is 2. The van der Waals surface area contributed by atoms with Crippen LogP contribution in [0.5, 0.6) is 0 Å². The zero-order valence-corrected chi connectivity index (χ0v) is 17.1. The highest BCUT2D eigenvalue weighted by Gasteiger charge is 2.35. The summed E-state index contributed by atoms with van der Waals surface area (Å²) in [5, 5.41) is 3.12. The lowest BCUT2D eigenvalue weighted by Gasteiger charge is -2.45. The smallest absolute Gasteiger partial charge is 0.265 e. The van der Waals surface area contributed by atoms with Crippen molar-refractivity contribution < 1.29 is 9.59 Å². The number of thiocarbonyl (C=S) groups is 1. The first kappa shape index (κ1) is 18.9. The monoisotopic (exact) mass is 391 g/mol. The second kappa shape index (κ2) is 6.35. The summed E-state index contributed by atoms with van der Waals surface area (Å²) in [7, 11) is 3.60. The Morgan fingerprint density at radius 1 is 1.31 bits per heavy atom. The third kappa shape index (κ3) is 3.01. The molecule has 0 aromatic heterocycles. The van der Waals surface area contributed by atoms with E-state index in [9.17, 15) is 9.59 Å². The molecule has 0 radical (unpaired) electrons. The van der Waals surface area contributed by atoms with E-state index in [0.717, 1.165) is 17.7 Å². The number of halogens is 1. The van der Waals surface area contributed by atoms with E-state index >= 15 is 0 Å². The summed E-state index contributed by atoms with van der Waals surface area (Å²) in [6.07, 6.45) is 2.55. The van der Waals surface area contributed by atoms with Gasteiger partial charge in [0.2, 0.25) is 0 Å². The average molecular weight is 392 g/mol. The average Bonchev–Trinajstić information content (AvgIpc) is 2.55. The van der Waals surface area contributed by atoms with Gasteiger partial charge in [-0.05, 0) is 67.7 Å². The Kier molecular flexibility index (Phi) is 4.61. The van der Waals surface area contributed by atoms with E-state index in [2.05, 4.69) is 38.0 Å². The predicted octanol–water partition coefficient (Wildman–Crippen LogP) is 3.32. The van der Waals surface area contributed by atoms with Crippen molar-refractivity contribution in [3.05, 3.63) is 33.9 Å². The molecule has 1 atom stereocenters. The van der Waals surface area contributed by atoms with Gasteiger partial charge in [0.1, 0.15) is 5.57 Å². The summed E-state index contributed by atoms with van der Waals surface area (Å²) in [4.78, 5) is 28.1. The first-order valence-electron chi connectivity index (χ1n) is 8.45. The van der Waals surface area contributed by atoms with E-state index in [0.29, 0.717) is 16.5 Å². The summed E-state index contributed by atoms with van der Waals surface area (Å²) in [6, 6.07) is 3.90. The quantitative estimate of drug-likeness (QED) is 0.453. The fourth-order valence-electron chi connectivity index (χ4n) is 3.62. The number of fused-ring (bicyclic) bond motifs is 1. The van der Waals surface area contributed by atoms with Crippen LogP contribution in [0.1, 0.15) is 44.2 Å². The van der Waals surface area contributed by atoms with Crippen LogP contribution in [-0.4, -0.2) is 41.5 Å². The Hall–Kier alpha value is -1.92. The van der Waals surface area contributed by atoms with Gasteiger partial charge >= 0.3 is 0 Å². The van der Waals surface area contributed by atoms with Gasteiger partial charge in [0.25, 0.3) is 11.8 Å². The SMILES string of the molecule is C[C@H]1CC(C)(C)N(C)c2cc(Cl)c(/C=C3\C(=O)NC(=S)N(C)C3=O)cc21. The van der Waals surface area contributed by atoms with Gasteiger partial charge in [-0.3, -0.25) is 19.8 Å². The molecule has 0 saturated carbocycles. The maximum atomic E-state index is 12.4. The third-order valence-corrected chi connectivity index (χ3v) is 6.06. The Morgan fingerprint density at radius 2 is 1.96 bits per heavy atom. The molecule has 1 saturated heterocycles. The number of benzene rings is 1. The Bertz CT molecular complexity index is 863. The topological polar surface area (TPSA) is 52.7 Å². The Balaban J connectivity index is 2.08. The summed E-state index contributed by atoms with van der Waals surface area (Å²) >= 11 is 11.5. The van der Waals surface area contributed by atoms with Crippen LogP contribution in [-0.2, 0) is 9.59 Å². The van der Waals surface area contributed by atoms with Crippen molar-refractivity contribution in [2.24, 2.45) is 0 Å². The molecule has 0 unspecified atom stereocenters. The molecule has 1 N–H and O–H groups in total. The van der Waals surface area contributed by atoms with Crippen molar-refractivity contribution in [2.45, 2.75) is 38.6 Å². The van der Waals surface area contributed by atoms with E-state index in [1.54, 1.807) is 6.08 Å². The molecule has 138 valence electrons. The fourth-order valence-corrected chi connectivity index (χ4v) is 4.00. The van der Waals surface area contributed by atoms with Gasteiger partial charge in [-0.15, -0.1) is 0 Å². The first-order chi connectivity index (χ1) is 12.0. The highest BCUT2D eigenvalue weighted by molar-refractivity contribution is 7.80. The number of carbonyl (C=O) groups excluding carboxylic acids is 2. The minimum Gasteiger partial charge on any atom is -0.369 e. The van der Waals surface area contributed by atoms with Crippen molar-refractivity contribution in [3.8, 4) is 0 Å². The molecule has 1 aromatic rings. The number of hydrogen-bond acceptors (Lipinski definition) is 4. The van der Waals surface area contributed by atoms with E-state index in [4.69, 9.17) is 23.8 Å². The molecule has 1 fully saturated rings. The molecule has 2 amide bonds. The van der Waals surface area contributed by atoms with Crippen LogP contribution in [0, 0.1) is 0 Å². The van der Waals surface area contributed by atoms with Crippen LogP contribution in [0.15, 0.2) is 17.7 Å². The molecular weight excluding hydrogens is 370 g/mol. The van der Waals surface area contributed by atoms with Crippen molar-refractivity contribution in [3.63, 3.8) is 0 Å². The van der Waals surface area contributed by atoms with E-state index in [1.165, 1.54) is 11.9 Å². The van der Waals surface area contributed by atoms with Gasteiger partial charge in [0.05, 0.1) is 0 Å². The first-order valence-corrected chi connectivity index (χ1v) is 9.24. The van der Waals surface area contributed by atoms with Gasteiger partial charge in [-0.1, -0.05) is 18.5 Å². The largest absolute Gasteiger partial charge is 0.369 e. The Labute approximate surface area is 164 Å². The number of likely N-dealkylation sites (N-methyl/N-ethyl adjacent to an activating group) is 1. The number of rotatable bonds is 1. The molecule has 0 aliphatic carbocycles. The van der Waals surface area contributed by atoms with Crippen molar-refractivity contribution in [1.82, 2.24) is 10.2 Å². The van der Waals surface area contributed by atoms with Crippen molar-refractivity contribution >= 4 is 52.5 Å². The van der Waals surface area contributed by atoms with Crippen LogP contribution in [0.3, 0.4) is 0 Å². The fraction of sp³-hybridized carbons (Fsp3) is 0.421. The summed E-state index contributed by atoms with van der Waals surface area (Å²) in [6.45, 7) is 6.60.